The number of piperazine rings is 1. The van der Waals surface area contributed by atoms with Crippen LogP contribution in [0, 0.1) is 17.6 Å². The van der Waals surface area contributed by atoms with Crippen molar-refractivity contribution < 1.29 is 18.4 Å². The minimum atomic E-state index is -0.787. The van der Waals surface area contributed by atoms with Crippen LogP contribution >= 0.6 is 0 Å². The Balaban J connectivity index is 2.35. The summed E-state index contributed by atoms with van der Waals surface area (Å²) in [4.78, 5) is 25.5. The molecular formula is C14H16F2N2O2. The molecule has 1 fully saturated rings. The van der Waals surface area contributed by atoms with Crippen LogP contribution in [0.3, 0.4) is 0 Å². The van der Waals surface area contributed by atoms with Gasteiger partial charge in [-0.05, 0) is 24.1 Å². The van der Waals surface area contributed by atoms with Crippen molar-refractivity contribution in [1.82, 2.24) is 10.2 Å². The van der Waals surface area contributed by atoms with E-state index in [2.05, 4.69) is 5.32 Å². The Kier molecular flexibility index (Phi) is 4.01. The number of halogens is 2. The van der Waals surface area contributed by atoms with Crippen molar-refractivity contribution in [2.24, 2.45) is 5.92 Å². The number of hydrogen-bond donors (Lipinski definition) is 1. The maximum absolute atomic E-state index is 13.7. The zero-order chi connectivity index (χ0) is 14.9. The number of carbonyl (C=O) groups is 2. The topological polar surface area (TPSA) is 49.4 Å². The summed E-state index contributed by atoms with van der Waals surface area (Å²) >= 11 is 0. The highest BCUT2D eigenvalue weighted by Gasteiger charge is 2.36. The van der Waals surface area contributed by atoms with E-state index in [1.807, 2.05) is 0 Å². The molecule has 0 spiro atoms. The quantitative estimate of drug-likeness (QED) is 0.895. The van der Waals surface area contributed by atoms with Gasteiger partial charge in [-0.1, -0.05) is 13.8 Å². The summed E-state index contributed by atoms with van der Waals surface area (Å²) in [6.07, 6.45) is 0. The molecule has 0 aliphatic carbocycles. The monoisotopic (exact) mass is 282 g/mol. The first-order valence-electron chi connectivity index (χ1n) is 6.45. The Bertz CT molecular complexity index is 546. The average Bonchev–Trinajstić information content (AvgIpc) is 2.40. The third kappa shape index (κ3) is 2.64. The van der Waals surface area contributed by atoms with Gasteiger partial charge in [0.2, 0.25) is 5.91 Å². The lowest BCUT2D eigenvalue weighted by Crippen LogP contribution is -2.59. The molecule has 0 bridgehead atoms. The molecule has 1 atom stereocenters. The molecule has 6 heteroatoms. The van der Waals surface area contributed by atoms with E-state index in [1.54, 1.807) is 13.8 Å². The number of rotatable bonds is 2. The van der Waals surface area contributed by atoms with Gasteiger partial charge in [0, 0.05) is 13.1 Å². The lowest BCUT2D eigenvalue weighted by Gasteiger charge is -2.37. The van der Waals surface area contributed by atoms with Crippen LogP contribution in [0.25, 0.3) is 0 Å². The van der Waals surface area contributed by atoms with Gasteiger partial charge in [-0.15, -0.1) is 0 Å². The fourth-order valence-electron chi connectivity index (χ4n) is 2.39. The highest BCUT2D eigenvalue weighted by Crippen LogP contribution is 2.19. The van der Waals surface area contributed by atoms with E-state index in [0.717, 1.165) is 18.2 Å². The number of amides is 2. The van der Waals surface area contributed by atoms with Crippen LogP contribution in [0.5, 0.6) is 0 Å². The molecule has 108 valence electrons. The van der Waals surface area contributed by atoms with Crippen molar-refractivity contribution in [1.29, 1.82) is 0 Å². The Morgan fingerprint density at radius 2 is 2.10 bits per heavy atom. The predicted molar refractivity (Wildman–Crippen MR) is 69.0 cm³/mol. The van der Waals surface area contributed by atoms with Gasteiger partial charge in [0.1, 0.15) is 17.7 Å². The maximum Gasteiger partial charge on any atom is 0.257 e. The van der Waals surface area contributed by atoms with Crippen LogP contribution in [0.15, 0.2) is 18.2 Å². The first-order chi connectivity index (χ1) is 9.41. The second kappa shape index (κ2) is 5.56. The molecule has 2 amide bonds. The van der Waals surface area contributed by atoms with Crippen LogP contribution in [-0.4, -0.2) is 35.8 Å². The standard InChI is InChI=1S/C14H16F2N2O2/c1-8(2)12-13(19)17-5-6-18(12)14(20)10-7-9(15)3-4-11(10)16/h3-4,7-8,12H,5-6H2,1-2H3,(H,17,19). The van der Waals surface area contributed by atoms with Gasteiger partial charge < -0.3 is 10.2 Å². The van der Waals surface area contributed by atoms with Crippen LogP contribution in [0.2, 0.25) is 0 Å². The van der Waals surface area contributed by atoms with Crippen molar-refractivity contribution >= 4 is 11.8 Å². The zero-order valence-electron chi connectivity index (χ0n) is 11.3. The van der Waals surface area contributed by atoms with Crippen molar-refractivity contribution in [2.45, 2.75) is 19.9 Å². The second-order valence-corrected chi connectivity index (χ2v) is 5.10. The third-order valence-corrected chi connectivity index (χ3v) is 3.31. The zero-order valence-corrected chi connectivity index (χ0v) is 11.3. The maximum atomic E-state index is 13.7. The number of nitrogens with zero attached hydrogens (tertiary/aromatic N) is 1. The van der Waals surface area contributed by atoms with E-state index < -0.39 is 23.6 Å². The van der Waals surface area contributed by atoms with Gasteiger partial charge in [-0.2, -0.15) is 0 Å². The van der Waals surface area contributed by atoms with Crippen molar-refractivity contribution in [3.63, 3.8) is 0 Å². The minimum absolute atomic E-state index is 0.115. The Morgan fingerprint density at radius 1 is 1.40 bits per heavy atom. The summed E-state index contributed by atoms with van der Waals surface area (Å²) < 4.78 is 26.9. The van der Waals surface area contributed by atoms with E-state index in [0.29, 0.717) is 6.54 Å². The molecular weight excluding hydrogens is 266 g/mol. The summed E-state index contributed by atoms with van der Waals surface area (Å²) in [6.45, 7) is 4.20. The summed E-state index contributed by atoms with van der Waals surface area (Å²) in [5.74, 6) is -2.51. The molecule has 0 saturated carbocycles. The van der Waals surface area contributed by atoms with Crippen molar-refractivity contribution in [2.75, 3.05) is 13.1 Å². The van der Waals surface area contributed by atoms with E-state index >= 15 is 0 Å². The second-order valence-electron chi connectivity index (χ2n) is 5.10. The molecule has 1 aliphatic rings. The lowest BCUT2D eigenvalue weighted by molar-refractivity contribution is -0.129. The molecule has 1 aliphatic heterocycles. The third-order valence-electron chi connectivity index (χ3n) is 3.31. The van der Waals surface area contributed by atoms with Gasteiger partial charge in [0.25, 0.3) is 5.91 Å². The predicted octanol–water partition coefficient (Wildman–Crippen LogP) is 1.56. The summed E-state index contributed by atoms with van der Waals surface area (Å²) in [5, 5.41) is 2.68. The Morgan fingerprint density at radius 3 is 2.75 bits per heavy atom. The Labute approximate surface area is 115 Å². The molecule has 2 rings (SSSR count). The van der Waals surface area contributed by atoms with E-state index in [-0.39, 0.29) is 23.9 Å². The molecule has 4 nitrogen and oxygen atoms in total. The smallest absolute Gasteiger partial charge is 0.257 e. The normalized spacial score (nSPS) is 19.1. The molecule has 1 saturated heterocycles. The number of benzene rings is 1. The molecule has 1 unspecified atom stereocenters. The molecule has 1 aromatic rings. The van der Waals surface area contributed by atoms with Gasteiger partial charge in [0.05, 0.1) is 5.56 Å². The van der Waals surface area contributed by atoms with E-state index in [4.69, 9.17) is 0 Å². The minimum Gasteiger partial charge on any atom is -0.353 e. The summed E-state index contributed by atoms with van der Waals surface area (Å²) in [7, 11) is 0. The van der Waals surface area contributed by atoms with Crippen LogP contribution < -0.4 is 5.32 Å². The first kappa shape index (κ1) is 14.4. The molecule has 1 aromatic carbocycles. The highest BCUT2D eigenvalue weighted by atomic mass is 19.1. The van der Waals surface area contributed by atoms with Crippen LogP contribution in [0.1, 0.15) is 24.2 Å². The highest BCUT2D eigenvalue weighted by molar-refractivity contribution is 5.98. The molecule has 20 heavy (non-hydrogen) atoms. The number of nitrogens with one attached hydrogen (secondary N) is 1. The summed E-state index contributed by atoms with van der Waals surface area (Å²) in [5.41, 5.74) is -0.342. The average molecular weight is 282 g/mol. The lowest BCUT2D eigenvalue weighted by atomic mass is 9.98. The largest absolute Gasteiger partial charge is 0.353 e. The first-order valence-corrected chi connectivity index (χ1v) is 6.45. The van der Waals surface area contributed by atoms with Crippen LogP contribution in [-0.2, 0) is 4.79 Å². The van der Waals surface area contributed by atoms with Gasteiger partial charge in [0.15, 0.2) is 0 Å². The Hall–Kier alpha value is -1.98. The van der Waals surface area contributed by atoms with Crippen molar-refractivity contribution in [3.05, 3.63) is 35.4 Å². The van der Waals surface area contributed by atoms with E-state index in [1.165, 1.54) is 4.90 Å². The molecule has 1 N–H and O–H groups in total. The molecule has 0 radical (unpaired) electrons. The van der Waals surface area contributed by atoms with Gasteiger partial charge >= 0.3 is 0 Å². The summed E-state index contributed by atoms with van der Waals surface area (Å²) in [6, 6.07) is 2.06. The SMILES string of the molecule is CC(C)C1C(=O)NCCN1C(=O)c1cc(F)ccc1F. The number of hydrogen-bond acceptors (Lipinski definition) is 2. The van der Waals surface area contributed by atoms with E-state index in [9.17, 15) is 18.4 Å². The fraction of sp³-hybridized carbons (Fsp3) is 0.429. The van der Waals surface area contributed by atoms with Gasteiger partial charge in [-0.3, -0.25) is 9.59 Å². The van der Waals surface area contributed by atoms with Crippen molar-refractivity contribution in [3.8, 4) is 0 Å². The van der Waals surface area contributed by atoms with Crippen LogP contribution in [0.4, 0.5) is 8.78 Å². The molecule has 1 heterocycles. The fourth-order valence-corrected chi connectivity index (χ4v) is 2.39. The number of carbonyl (C=O) groups excluding carboxylic acids is 2. The molecule has 0 aromatic heterocycles. The van der Waals surface area contributed by atoms with Gasteiger partial charge in [-0.25, -0.2) is 8.78 Å².